The monoisotopic (exact) mass is 190 g/mol. The van der Waals surface area contributed by atoms with Crippen molar-refractivity contribution in [3.63, 3.8) is 0 Å². The Morgan fingerprint density at radius 2 is 1.86 bits per heavy atom. The zero-order chi connectivity index (χ0) is 11.0. The second kappa shape index (κ2) is 7.10. The van der Waals surface area contributed by atoms with Crippen molar-refractivity contribution in [1.82, 2.24) is 0 Å². The molecular weight excluding hydrogens is 172 g/mol. The maximum atomic E-state index is 8.99. The predicted octanol–water partition coefficient (Wildman–Crippen LogP) is 3.49. The van der Waals surface area contributed by atoms with Gasteiger partial charge in [-0.15, -0.1) is 0 Å². The van der Waals surface area contributed by atoms with E-state index in [9.17, 15) is 0 Å². The third kappa shape index (κ3) is 2.86. The first kappa shape index (κ1) is 12.7. The molecule has 0 aliphatic heterocycles. The average Bonchev–Trinajstić information content (AvgIpc) is 2.30. The van der Waals surface area contributed by atoms with E-state index in [0.29, 0.717) is 0 Å². The smallest absolute Gasteiger partial charge is 0.0687 e. The molecule has 0 fully saturated rings. The summed E-state index contributed by atoms with van der Waals surface area (Å²) in [5, 5.41) is 8.99. The minimum Gasteiger partial charge on any atom is -0.392 e. The Morgan fingerprint density at radius 3 is 2.29 bits per heavy atom. The summed E-state index contributed by atoms with van der Waals surface area (Å²) in [6.45, 7) is 11.4. The van der Waals surface area contributed by atoms with Crippen LogP contribution in [0, 0.1) is 0 Å². The summed E-state index contributed by atoms with van der Waals surface area (Å²) in [5.41, 5.74) is 2.87. The van der Waals surface area contributed by atoms with Gasteiger partial charge in [0.25, 0.3) is 0 Å². The lowest BCUT2D eigenvalue weighted by molar-refractivity contribution is 0.281. The highest BCUT2D eigenvalue weighted by atomic mass is 16.3. The van der Waals surface area contributed by atoms with Crippen molar-refractivity contribution in [2.45, 2.75) is 20.5 Å². The molecule has 14 heavy (non-hydrogen) atoms. The van der Waals surface area contributed by atoms with Gasteiger partial charge in [-0.05, 0) is 16.7 Å². The molecule has 0 saturated heterocycles. The second-order valence-corrected chi connectivity index (χ2v) is 2.49. The van der Waals surface area contributed by atoms with E-state index in [-0.39, 0.29) is 6.61 Å². The number of benzene rings is 1. The topological polar surface area (TPSA) is 20.2 Å². The summed E-state index contributed by atoms with van der Waals surface area (Å²) in [6.07, 6.45) is 3.50. The van der Waals surface area contributed by atoms with Gasteiger partial charge in [-0.2, -0.15) is 0 Å². The summed E-state index contributed by atoms with van der Waals surface area (Å²) < 4.78 is 0. The maximum Gasteiger partial charge on any atom is 0.0687 e. The van der Waals surface area contributed by atoms with Gasteiger partial charge in [0.2, 0.25) is 0 Å². The van der Waals surface area contributed by atoms with Crippen molar-refractivity contribution in [2.24, 2.45) is 0 Å². The number of aliphatic hydroxyl groups excluding tert-OH is 1. The zero-order valence-electron chi connectivity index (χ0n) is 8.96. The van der Waals surface area contributed by atoms with Crippen molar-refractivity contribution in [3.05, 3.63) is 48.0 Å². The van der Waals surface area contributed by atoms with Crippen LogP contribution in [0.25, 0.3) is 12.2 Å². The molecule has 0 unspecified atom stereocenters. The van der Waals surface area contributed by atoms with Crippen LogP contribution in [0.3, 0.4) is 0 Å². The Morgan fingerprint density at radius 1 is 1.21 bits per heavy atom. The number of hydrogen-bond donors (Lipinski definition) is 1. The highest BCUT2D eigenvalue weighted by Crippen LogP contribution is 2.17. The van der Waals surface area contributed by atoms with E-state index in [1.165, 1.54) is 0 Å². The lowest BCUT2D eigenvalue weighted by atomic mass is 10.0. The van der Waals surface area contributed by atoms with Gasteiger partial charge in [-0.25, -0.2) is 0 Å². The maximum absolute atomic E-state index is 8.99. The molecule has 0 aromatic heterocycles. The standard InChI is InChI=1S/C11H12O.C2H6/c1-3-9-6-5-7-10(8-12)11(9)4-2;1-2/h3-7,12H,1-2,8H2;1-2H3. The number of rotatable bonds is 3. The van der Waals surface area contributed by atoms with Crippen molar-refractivity contribution >= 4 is 12.2 Å². The van der Waals surface area contributed by atoms with Crippen LogP contribution in [0.4, 0.5) is 0 Å². The number of aliphatic hydroxyl groups is 1. The van der Waals surface area contributed by atoms with Crippen LogP contribution in [0.5, 0.6) is 0 Å². The van der Waals surface area contributed by atoms with Crippen molar-refractivity contribution in [1.29, 1.82) is 0 Å². The second-order valence-electron chi connectivity index (χ2n) is 2.49. The molecule has 0 heterocycles. The molecule has 0 amide bonds. The highest BCUT2D eigenvalue weighted by Gasteiger charge is 2.00. The summed E-state index contributed by atoms with van der Waals surface area (Å²) in [5.74, 6) is 0. The molecule has 1 heteroatoms. The average molecular weight is 190 g/mol. The summed E-state index contributed by atoms with van der Waals surface area (Å²) in [4.78, 5) is 0. The van der Waals surface area contributed by atoms with E-state index in [0.717, 1.165) is 16.7 Å². The SMILES string of the molecule is C=Cc1cccc(CO)c1C=C.CC. The summed E-state index contributed by atoms with van der Waals surface area (Å²) in [6, 6.07) is 5.72. The molecular formula is C13H18O. The van der Waals surface area contributed by atoms with E-state index in [4.69, 9.17) is 5.11 Å². The molecule has 0 saturated carbocycles. The van der Waals surface area contributed by atoms with Crippen LogP contribution >= 0.6 is 0 Å². The molecule has 1 aromatic rings. The molecule has 0 spiro atoms. The molecule has 0 bridgehead atoms. The fourth-order valence-corrected chi connectivity index (χ4v) is 1.20. The molecule has 76 valence electrons. The van der Waals surface area contributed by atoms with Crippen molar-refractivity contribution in [3.8, 4) is 0 Å². The van der Waals surface area contributed by atoms with Crippen molar-refractivity contribution < 1.29 is 5.11 Å². The lowest BCUT2D eigenvalue weighted by Gasteiger charge is -2.05. The number of hydrogen-bond acceptors (Lipinski definition) is 1. The van der Waals surface area contributed by atoms with Gasteiger partial charge in [-0.1, -0.05) is 57.4 Å². The fourth-order valence-electron chi connectivity index (χ4n) is 1.20. The minimum absolute atomic E-state index is 0.0447. The largest absolute Gasteiger partial charge is 0.392 e. The minimum atomic E-state index is 0.0447. The van der Waals surface area contributed by atoms with E-state index < -0.39 is 0 Å². The van der Waals surface area contributed by atoms with Gasteiger partial charge in [0.1, 0.15) is 0 Å². The van der Waals surface area contributed by atoms with Gasteiger partial charge in [0.15, 0.2) is 0 Å². The molecule has 0 radical (unpaired) electrons. The zero-order valence-corrected chi connectivity index (χ0v) is 8.96. The molecule has 0 aliphatic rings. The van der Waals surface area contributed by atoms with Gasteiger partial charge < -0.3 is 5.11 Å². The first-order chi connectivity index (χ1) is 6.83. The Labute approximate surface area is 86.4 Å². The first-order valence-electron chi connectivity index (χ1n) is 4.81. The summed E-state index contributed by atoms with van der Waals surface area (Å²) in [7, 11) is 0. The Bertz CT molecular complexity index is 300. The van der Waals surface area contributed by atoms with Crippen LogP contribution in [-0.4, -0.2) is 5.11 Å². The van der Waals surface area contributed by atoms with Crippen molar-refractivity contribution in [2.75, 3.05) is 0 Å². The molecule has 1 N–H and O–H groups in total. The van der Waals surface area contributed by atoms with Crippen LogP contribution in [0.1, 0.15) is 30.5 Å². The lowest BCUT2D eigenvalue weighted by Crippen LogP contribution is -1.90. The van der Waals surface area contributed by atoms with E-state index >= 15 is 0 Å². The molecule has 1 nitrogen and oxygen atoms in total. The third-order valence-electron chi connectivity index (χ3n) is 1.82. The molecule has 1 rings (SSSR count). The Kier molecular flexibility index (Phi) is 6.42. The van der Waals surface area contributed by atoms with E-state index in [1.54, 1.807) is 12.2 Å². The van der Waals surface area contributed by atoms with Crippen LogP contribution in [0.2, 0.25) is 0 Å². The molecule has 0 atom stereocenters. The quantitative estimate of drug-likeness (QED) is 0.773. The van der Waals surface area contributed by atoms with Gasteiger partial charge in [-0.3, -0.25) is 0 Å². The van der Waals surface area contributed by atoms with E-state index in [1.807, 2.05) is 32.0 Å². The Hall–Kier alpha value is -1.34. The highest BCUT2D eigenvalue weighted by molar-refractivity contribution is 5.66. The summed E-state index contributed by atoms with van der Waals surface area (Å²) >= 11 is 0. The van der Waals surface area contributed by atoms with E-state index in [2.05, 4.69) is 13.2 Å². The molecule has 0 aliphatic carbocycles. The Balaban J connectivity index is 0.000000791. The van der Waals surface area contributed by atoms with Gasteiger partial charge in [0, 0.05) is 0 Å². The van der Waals surface area contributed by atoms with Gasteiger partial charge in [0.05, 0.1) is 6.61 Å². The predicted molar refractivity (Wildman–Crippen MR) is 63.9 cm³/mol. The third-order valence-corrected chi connectivity index (χ3v) is 1.82. The molecule has 1 aromatic carbocycles. The van der Waals surface area contributed by atoms with Crippen LogP contribution < -0.4 is 0 Å². The van der Waals surface area contributed by atoms with Gasteiger partial charge >= 0.3 is 0 Å². The fraction of sp³-hybridized carbons (Fsp3) is 0.231. The normalized spacial score (nSPS) is 8.50. The van der Waals surface area contributed by atoms with Crippen LogP contribution in [0.15, 0.2) is 31.4 Å². The van der Waals surface area contributed by atoms with Crippen LogP contribution in [-0.2, 0) is 6.61 Å². The first-order valence-corrected chi connectivity index (χ1v) is 4.81.